The van der Waals surface area contributed by atoms with Crippen molar-refractivity contribution in [2.24, 2.45) is 11.8 Å². The van der Waals surface area contributed by atoms with Gasteiger partial charge in [-0.15, -0.1) is 0 Å². The number of nitrogens with zero attached hydrogens (tertiary/aromatic N) is 2. The number of aromatic hydroxyl groups is 1. The first-order valence-corrected chi connectivity index (χ1v) is 8.91. The van der Waals surface area contributed by atoms with E-state index in [1.807, 2.05) is 18.2 Å². The molecule has 3 rings (SSSR count). The highest BCUT2D eigenvalue weighted by molar-refractivity contribution is 5.79. The van der Waals surface area contributed by atoms with Crippen LogP contribution in [0, 0.1) is 11.8 Å². The van der Waals surface area contributed by atoms with Gasteiger partial charge in [0.05, 0.1) is 0 Å². The van der Waals surface area contributed by atoms with Gasteiger partial charge in [-0.1, -0.05) is 19.1 Å². The third-order valence-corrected chi connectivity index (χ3v) is 5.35. The molecule has 0 bridgehead atoms. The maximum absolute atomic E-state index is 12.6. The van der Waals surface area contributed by atoms with Crippen LogP contribution in [-0.4, -0.2) is 47.0 Å². The number of hydrogen-bond donors (Lipinski definition) is 1. The summed E-state index contributed by atoms with van der Waals surface area (Å²) in [5.74, 6) is 1.69. The van der Waals surface area contributed by atoms with E-state index in [0.717, 1.165) is 69.9 Å². The second kappa shape index (κ2) is 7.35. The molecule has 0 saturated carbocycles. The van der Waals surface area contributed by atoms with E-state index in [9.17, 15) is 9.90 Å². The molecule has 2 aliphatic rings. The Bertz CT molecular complexity index is 530. The van der Waals surface area contributed by atoms with E-state index in [1.165, 1.54) is 0 Å². The number of amides is 1. The van der Waals surface area contributed by atoms with E-state index in [4.69, 9.17) is 0 Å². The second-order valence-corrected chi connectivity index (χ2v) is 7.23. The summed E-state index contributed by atoms with van der Waals surface area (Å²) in [5, 5.41) is 9.55. The summed E-state index contributed by atoms with van der Waals surface area (Å²) in [6, 6.07) is 7.46. The molecule has 2 heterocycles. The summed E-state index contributed by atoms with van der Waals surface area (Å²) >= 11 is 0. The van der Waals surface area contributed by atoms with Gasteiger partial charge in [-0.3, -0.25) is 9.69 Å². The minimum absolute atomic E-state index is 0.212. The van der Waals surface area contributed by atoms with Crippen LogP contribution in [0.5, 0.6) is 5.75 Å². The maximum Gasteiger partial charge on any atom is 0.225 e. The molecule has 0 radical (unpaired) electrons. The number of piperidine rings is 2. The summed E-state index contributed by atoms with van der Waals surface area (Å²) < 4.78 is 0. The fraction of sp³-hybridized carbons (Fsp3) is 0.632. The smallest absolute Gasteiger partial charge is 0.225 e. The number of rotatable bonds is 3. The Kier molecular flexibility index (Phi) is 5.21. The number of phenolic OH excluding ortho intramolecular Hbond substituents is 1. The van der Waals surface area contributed by atoms with Crippen LogP contribution in [0.3, 0.4) is 0 Å². The van der Waals surface area contributed by atoms with E-state index in [1.54, 1.807) is 6.07 Å². The Morgan fingerprint density at radius 1 is 1.13 bits per heavy atom. The molecule has 0 aliphatic carbocycles. The average molecular weight is 316 g/mol. The van der Waals surface area contributed by atoms with Crippen molar-refractivity contribution < 1.29 is 9.90 Å². The molecular formula is C19H28N2O2. The van der Waals surface area contributed by atoms with Gasteiger partial charge in [0.15, 0.2) is 0 Å². The topological polar surface area (TPSA) is 43.8 Å². The molecule has 1 N–H and O–H groups in total. The van der Waals surface area contributed by atoms with Crippen LogP contribution in [0.1, 0.15) is 38.2 Å². The highest BCUT2D eigenvalue weighted by Gasteiger charge is 2.30. The largest absolute Gasteiger partial charge is 0.508 e. The van der Waals surface area contributed by atoms with Crippen LogP contribution >= 0.6 is 0 Å². The van der Waals surface area contributed by atoms with Crippen LogP contribution in [0.15, 0.2) is 24.3 Å². The predicted octanol–water partition coefficient (Wildman–Crippen LogP) is 2.86. The highest BCUT2D eigenvalue weighted by atomic mass is 16.3. The van der Waals surface area contributed by atoms with Gasteiger partial charge in [-0.2, -0.15) is 0 Å². The monoisotopic (exact) mass is 316 g/mol. The van der Waals surface area contributed by atoms with Gasteiger partial charge >= 0.3 is 0 Å². The number of likely N-dealkylation sites (tertiary alicyclic amines) is 2. The van der Waals surface area contributed by atoms with Gasteiger partial charge in [0.25, 0.3) is 0 Å². The van der Waals surface area contributed by atoms with Crippen LogP contribution in [-0.2, 0) is 11.3 Å². The molecule has 2 saturated heterocycles. The molecule has 23 heavy (non-hydrogen) atoms. The SMILES string of the molecule is CC1CCN(C(=O)C2CCN(Cc3cccc(O)c3)CC2)CC1. The lowest BCUT2D eigenvalue weighted by molar-refractivity contribution is -0.138. The molecular weight excluding hydrogens is 288 g/mol. The Balaban J connectivity index is 1.47. The molecule has 4 heteroatoms. The predicted molar refractivity (Wildman–Crippen MR) is 91.1 cm³/mol. The summed E-state index contributed by atoms with van der Waals surface area (Å²) in [4.78, 5) is 17.1. The summed E-state index contributed by atoms with van der Waals surface area (Å²) in [6.07, 6.45) is 4.23. The number of hydrogen-bond acceptors (Lipinski definition) is 3. The van der Waals surface area contributed by atoms with Crippen molar-refractivity contribution in [1.82, 2.24) is 9.80 Å². The van der Waals surface area contributed by atoms with Crippen molar-refractivity contribution in [1.29, 1.82) is 0 Å². The molecule has 2 fully saturated rings. The first kappa shape index (κ1) is 16.3. The summed E-state index contributed by atoms with van der Waals surface area (Å²) in [6.45, 7) is 6.97. The minimum Gasteiger partial charge on any atom is -0.508 e. The zero-order valence-corrected chi connectivity index (χ0v) is 14.1. The zero-order valence-electron chi connectivity index (χ0n) is 14.1. The molecule has 4 nitrogen and oxygen atoms in total. The Morgan fingerprint density at radius 3 is 2.48 bits per heavy atom. The fourth-order valence-electron chi connectivity index (χ4n) is 3.74. The fourth-order valence-corrected chi connectivity index (χ4v) is 3.74. The van der Waals surface area contributed by atoms with E-state index in [-0.39, 0.29) is 5.92 Å². The van der Waals surface area contributed by atoms with Crippen LogP contribution in [0.2, 0.25) is 0 Å². The molecule has 0 atom stereocenters. The first-order valence-electron chi connectivity index (χ1n) is 8.91. The lowest BCUT2D eigenvalue weighted by Gasteiger charge is -2.36. The minimum atomic E-state index is 0.212. The average Bonchev–Trinajstić information content (AvgIpc) is 2.56. The van der Waals surface area contributed by atoms with Gasteiger partial charge in [0.1, 0.15) is 5.75 Å². The molecule has 126 valence electrons. The van der Waals surface area contributed by atoms with Gasteiger partial charge in [-0.25, -0.2) is 0 Å². The molecule has 0 unspecified atom stereocenters. The van der Waals surface area contributed by atoms with E-state index in [2.05, 4.69) is 16.7 Å². The highest BCUT2D eigenvalue weighted by Crippen LogP contribution is 2.24. The van der Waals surface area contributed by atoms with Crippen molar-refractivity contribution in [3.05, 3.63) is 29.8 Å². The van der Waals surface area contributed by atoms with Crippen LogP contribution in [0.25, 0.3) is 0 Å². The molecule has 2 aliphatic heterocycles. The van der Waals surface area contributed by atoms with Gasteiger partial charge in [-0.05, 0) is 62.4 Å². The maximum atomic E-state index is 12.6. The second-order valence-electron chi connectivity index (χ2n) is 7.23. The summed E-state index contributed by atoms with van der Waals surface area (Å²) in [5.41, 5.74) is 1.14. The number of benzene rings is 1. The molecule has 1 aromatic rings. The molecule has 1 aromatic carbocycles. The number of carbonyl (C=O) groups excluding carboxylic acids is 1. The van der Waals surface area contributed by atoms with E-state index < -0.39 is 0 Å². The van der Waals surface area contributed by atoms with Gasteiger partial charge < -0.3 is 10.0 Å². The van der Waals surface area contributed by atoms with Crippen molar-refractivity contribution >= 4 is 5.91 Å². The van der Waals surface area contributed by atoms with Gasteiger partial charge in [0.2, 0.25) is 5.91 Å². The quantitative estimate of drug-likeness (QED) is 0.932. The first-order chi connectivity index (χ1) is 11.1. The van der Waals surface area contributed by atoms with Crippen molar-refractivity contribution in [2.45, 2.75) is 39.2 Å². The standard InChI is InChI=1S/C19H28N2O2/c1-15-5-11-21(12-6-15)19(23)17-7-9-20(10-8-17)14-16-3-2-4-18(22)13-16/h2-4,13,15,17,22H,5-12,14H2,1H3. The molecule has 1 amide bonds. The van der Waals surface area contributed by atoms with Crippen molar-refractivity contribution in [2.75, 3.05) is 26.2 Å². The number of carbonyl (C=O) groups is 1. The Labute approximate surface area is 139 Å². The summed E-state index contributed by atoms with van der Waals surface area (Å²) in [7, 11) is 0. The third kappa shape index (κ3) is 4.25. The van der Waals surface area contributed by atoms with E-state index in [0.29, 0.717) is 11.7 Å². The van der Waals surface area contributed by atoms with Crippen LogP contribution < -0.4 is 0 Å². The van der Waals surface area contributed by atoms with Crippen molar-refractivity contribution in [3.63, 3.8) is 0 Å². The third-order valence-electron chi connectivity index (χ3n) is 5.35. The van der Waals surface area contributed by atoms with Gasteiger partial charge in [0, 0.05) is 25.6 Å². The molecule has 0 aromatic heterocycles. The van der Waals surface area contributed by atoms with Crippen LogP contribution in [0.4, 0.5) is 0 Å². The Hall–Kier alpha value is -1.55. The number of phenols is 1. The zero-order chi connectivity index (χ0) is 16.2. The lowest BCUT2D eigenvalue weighted by Crippen LogP contribution is -2.45. The lowest BCUT2D eigenvalue weighted by atomic mass is 9.92. The van der Waals surface area contributed by atoms with E-state index >= 15 is 0 Å². The Morgan fingerprint density at radius 2 is 1.83 bits per heavy atom. The molecule has 0 spiro atoms. The normalized spacial score (nSPS) is 21.5. The van der Waals surface area contributed by atoms with Crippen molar-refractivity contribution in [3.8, 4) is 5.75 Å².